The zero-order valence-electron chi connectivity index (χ0n) is 9.34. The van der Waals surface area contributed by atoms with E-state index in [-0.39, 0.29) is 5.56 Å². The van der Waals surface area contributed by atoms with Gasteiger partial charge >= 0.3 is 5.97 Å². The minimum Gasteiger partial charge on any atom is -0.478 e. The number of carboxylic acid groups (broad SMARTS) is 1. The average Bonchev–Trinajstić information content (AvgIpc) is 2.38. The first-order chi connectivity index (χ1) is 8.66. The lowest BCUT2D eigenvalue weighted by molar-refractivity contribution is 0.0696. The number of pyridine rings is 1. The molecule has 1 aromatic heterocycles. The first-order valence-electron chi connectivity index (χ1n) is 5.22. The van der Waals surface area contributed by atoms with Crippen LogP contribution in [0.2, 0.25) is 5.02 Å². The Labute approximate surface area is 114 Å². The summed E-state index contributed by atoms with van der Waals surface area (Å²) in [5.41, 5.74) is 1.02. The molecule has 18 heavy (non-hydrogen) atoms. The maximum Gasteiger partial charge on any atom is 0.337 e. The van der Waals surface area contributed by atoms with E-state index in [1.165, 1.54) is 6.20 Å². The molecule has 1 heterocycles. The van der Waals surface area contributed by atoms with Gasteiger partial charge in [-0.05, 0) is 24.3 Å². The Morgan fingerprint density at radius 3 is 2.67 bits per heavy atom. The third-order valence-corrected chi connectivity index (χ3v) is 3.83. The smallest absolute Gasteiger partial charge is 0.337 e. The van der Waals surface area contributed by atoms with Gasteiger partial charge < -0.3 is 5.11 Å². The second-order valence-electron chi connectivity index (χ2n) is 3.56. The van der Waals surface area contributed by atoms with Gasteiger partial charge in [-0.15, -0.1) is 11.8 Å². The molecule has 0 spiro atoms. The zero-order chi connectivity index (χ0) is 13.0. The Morgan fingerprint density at radius 1 is 1.28 bits per heavy atom. The second kappa shape index (κ2) is 5.89. The number of thioether (sulfide) groups is 1. The van der Waals surface area contributed by atoms with E-state index in [1.807, 2.05) is 24.3 Å². The van der Waals surface area contributed by atoms with Gasteiger partial charge in [0.15, 0.2) is 0 Å². The number of aromatic nitrogens is 1. The molecule has 0 radical (unpaired) electrons. The van der Waals surface area contributed by atoms with Gasteiger partial charge in [-0.2, -0.15) is 0 Å². The van der Waals surface area contributed by atoms with Crippen LogP contribution in [0.15, 0.2) is 47.5 Å². The van der Waals surface area contributed by atoms with Crippen LogP contribution in [-0.2, 0) is 5.75 Å². The summed E-state index contributed by atoms with van der Waals surface area (Å²) in [6, 6.07) is 10.9. The number of nitrogens with zero attached hydrogens (tertiary/aromatic N) is 1. The van der Waals surface area contributed by atoms with Gasteiger partial charge in [0, 0.05) is 16.8 Å². The summed E-state index contributed by atoms with van der Waals surface area (Å²) in [5.74, 6) is -0.309. The van der Waals surface area contributed by atoms with Crippen molar-refractivity contribution in [2.24, 2.45) is 0 Å². The predicted octanol–water partition coefficient (Wildman–Crippen LogP) is 3.73. The van der Waals surface area contributed by atoms with Crippen LogP contribution >= 0.6 is 23.4 Å². The van der Waals surface area contributed by atoms with Crippen molar-refractivity contribution in [2.75, 3.05) is 0 Å². The van der Waals surface area contributed by atoms with Crippen LogP contribution in [0.4, 0.5) is 0 Å². The zero-order valence-corrected chi connectivity index (χ0v) is 10.9. The maximum absolute atomic E-state index is 10.7. The molecular formula is C13H10ClNO2S. The summed E-state index contributed by atoms with van der Waals surface area (Å²) in [7, 11) is 0. The summed E-state index contributed by atoms with van der Waals surface area (Å²) in [4.78, 5) is 15.8. The molecule has 0 saturated carbocycles. The van der Waals surface area contributed by atoms with Gasteiger partial charge in [0.25, 0.3) is 0 Å². The SMILES string of the molecule is O=C(O)c1ccc(CSc2ccccc2Cl)nc1. The topological polar surface area (TPSA) is 50.2 Å². The summed E-state index contributed by atoms with van der Waals surface area (Å²) in [6.45, 7) is 0. The molecule has 0 bridgehead atoms. The highest BCUT2D eigenvalue weighted by atomic mass is 35.5. The van der Waals surface area contributed by atoms with Gasteiger partial charge in [0.05, 0.1) is 16.3 Å². The Morgan fingerprint density at radius 2 is 2.06 bits per heavy atom. The van der Waals surface area contributed by atoms with E-state index in [2.05, 4.69) is 4.98 Å². The van der Waals surface area contributed by atoms with Crippen molar-refractivity contribution in [3.05, 3.63) is 58.9 Å². The molecule has 1 aromatic carbocycles. The molecule has 0 amide bonds. The molecule has 0 aliphatic heterocycles. The lowest BCUT2D eigenvalue weighted by Crippen LogP contribution is -1.98. The molecule has 5 heteroatoms. The molecule has 0 unspecified atom stereocenters. The van der Waals surface area contributed by atoms with E-state index in [0.29, 0.717) is 10.8 Å². The average molecular weight is 280 g/mol. The minimum absolute atomic E-state index is 0.196. The van der Waals surface area contributed by atoms with E-state index in [4.69, 9.17) is 16.7 Å². The van der Waals surface area contributed by atoms with E-state index in [0.717, 1.165) is 10.6 Å². The van der Waals surface area contributed by atoms with Crippen LogP contribution in [0.3, 0.4) is 0 Å². The number of rotatable bonds is 4. The first-order valence-corrected chi connectivity index (χ1v) is 6.59. The fraction of sp³-hybridized carbons (Fsp3) is 0.0769. The lowest BCUT2D eigenvalue weighted by Gasteiger charge is -2.03. The molecular weight excluding hydrogens is 270 g/mol. The third kappa shape index (κ3) is 3.24. The molecule has 3 nitrogen and oxygen atoms in total. The van der Waals surface area contributed by atoms with Crippen LogP contribution in [0, 0.1) is 0 Å². The highest BCUT2D eigenvalue weighted by molar-refractivity contribution is 7.98. The van der Waals surface area contributed by atoms with Crippen molar-refractivity contribution < 1.29 is 9.90 Å². The highest BCUT2D eigenvalue weighted by Crippen LogP contribution is 2.28. The first kappa shape index (κ1) is 12.9. The lowest BCUT2D eigenvalue weighted by atomic mass is 10.2. The van der Waals surface area contributed by atoms with Crippen molar-refractivity contribution in [1.29, 1.82) is 0 Å². The summed E-state index contributed by atoms with van der Waals surface area (Å²) in [6.07, 6.45) is 1.37. The van der Waals surface area contributed by atoms with E-state index in [1.54, 1.807) is 23.9 Å². The quantitative estimate of drug-likeness (QED) is 0.867. The Hall–Kier alpha value is -1.52. The summed E-state index contributed by atoms with van der Waals surface area (Å²) >= 11 is 7.61. The number of hydrogen-bond acceptors (Lipinski definition) is 3. The molecule has 1 N–H and O–H groups in total. The molecule has 2 rings (SSSR count). The fourth-order valence-corrected chi connectivity index (χ4v) is 2.50. The van der Waals surface area contributed by atoms with Crippen molar-refractivity contribution in [3.63, 3.8) is 0 Å². The number of halogens is 1. The molecule has 0 aliphatic rings. The Balaban J connectivity index is 2.02. The maximum atomic E-state index is 10.7. The Kier molecular flexibility index (Phi) is 4.23. The molecule has 2 aromatic rings. The number of aromatic carboxylic acids is 1. The van der Waals surface area contributed by atoms with Crippen LogP contribution in [0.25, 0.3) is 0 Å². The normalized spacial score (nSPS) is 10.3. The van der Waals surface area contributed by atoms with Gasteiger partial charge in [-0.1, -0.05) is 23.7 Å². The monoisotopic (exact) mass is 279 g/mol. The minimum atomic E-state index is -0.965. The largest absolute Gasteiger partial charge is 0.478 e. The Bertz CT molecular complexity index is 557. The number of carbonyl (C=O) groups is 1. The molecule has 0 atom stereocenters. The van der Waals surface area contributed by atoms with Crippen molar-refractivity contribution in [3.8, 4) is 0 Å². The van der Waals surface area contributed by atoms with Gasteiger partial charge in [-0.25, -0.2) is 4.79 Å². The van der Waals surface area contributed by atoms with Crippen molar-refractivity contribution in [1.82, 2.24) is 4.98 Å². The third-order valence-electron chi connectivity index (χ3n) is 2.28. The number of carboxylic acids is 1. The van der Waals surface area contributed by atoms with Crippen LogP contribution in [0.5, 0.6) is 0 Å². The summed E-state index contributed by atoms with van der Waals surface area (Å²) < 4.78 is 0. The highest BCUT2D eigenvalue weighted by Gasteiger charge is 2.04. The standard InChI is InChI=1S/C13H10ClNO2S/c14-11-3-1-2-4-12(11)18-8-10-6-5-9(7-15-10)13(16)17/h1-7H,8H2,(H,16,17). The number of hydrogen-bond donors (Lipinski definition) is 1. The molecule has 0 aliphatic carbocycles. The van der Waals surface area contributed by atoms with Gasteiger partial charge in [0.2, 0.25) is 0 Å². The predicted molar refractivity (Wildman–Crippen MR) is 72.2 cm³/mol. The molecule has 0 fully saturated rings. The number of benzene rings is 1. The van der Waals surface area contributed by atoms with E-state index < -0.39 is 5.97 Å². The van der Waals surface area contributed by atoms with Gasteiger partial charge in [-0.3, -0.25) is 4.98 Å². The van der Waals surface area contributed by atoms with Gasteiger partial charge in [0.1, 0.15) is 0 Å². The van der Waals surface area contributed by atoms with E-state index >= 15 is 0 Å². The summed E-state index contributed by atoms with van der Waals surface area (Å²) in [5, 5.41) is 9.47. The molecule has 92 valence electrons. The van der Waals surface area contributed by atoms with Crippen LogP contribution in [0.1, 0.15) is 16.1 Å². The van der Waals surface area contributed by atoms with Crippen LogP contribution < -0.4 is 0 Å². The van der Waals surface area contributed by atoms with Crippen molar-refractivity contribution >= 4 is 29.3 Å². The van der Waals surface area contributed by atoms with Crippen LogP contribution in [-0.4, -0.2) is 16.1 Å². The second-order valence-corrected chi connectivity index (χ2v) is 4.99. The fourth-order valence-electron chi connectivity index (χ4n) is 1.35. The van der Waals surface area contributed by atoms with Crippen molar-refractivity contribution in [2.45, 2.75) is 10.6 Å². The molecule has 0 saturated heterocycles. The van der Waals surface area contributed by atoms with E-state index in [9.17, 15) is 4.79 Å².